The molecule has 0 saturated carbocycles. The second kappa shape index (κ2) is 9.69. The van der Waals surface area contributed by atoms with Crippen LogP contribution in [0.1, 0.15) is 26.3 Å². The normalized spacial score (nSPS) is 10.8. The number of fused-ring (bicyclic) bond motifs is 1. The van der Waals surface area contributed by atoms with Crippen molar-refractivity contribution in [3.8, 4) is 0 Å². The molecule has 2 N–H and O–H groups in total. The first-order valence-corrected chi connectivity index (χ1v) is 12.0. The van der Waals surface area contributed by atoms with Gasteiger partial charge in [0.15, 0.2) is 4.34 Å². The molecular weight excluding hydrogens is 530 g/mol. The van der Waals surface area contributed by atoms with E-state index in [2.05, 4.69) is 26.2 Å². The van der Waals surface area contributed by atoms with Gasteiger partial charge >= 0.3 is 5.97 Å². The van der Waals surface area contributed by atoms with Crippen molar-refractivity contribution in [2.24, 2.45) is 0 Å². The number of aromatic carboxylic acids is 1. The third-order valence-corrected chi connectivity index (χ3v) is 7.36. The molecule has 3 aromatic carbocycles. The number of hydrogen-bond acceptors (Lipinski definition) is 7. The number of aromatic nitrogens is 1. The topological polar surface area (TPSA) is 122 Å². The lowest BCUT2D eigenvalue weighted by atomic mass is 10.0. The molecule has 0 aliphatic carbocycles. The van der Waals surface area contributed by atoms with Crippen molar-refractivity contribution in [2.75, 3.05) is 5.32 Å². The predicted octanol–water partition coefficient (Wildman–Crippen LogP) is 6.21. The van der Waals surface area contributed by atoms with Crippen molar-refractivity contribution in [2.45, 2.75) is 10.1 Å². The van der Waals surface area contributed by atoms with Crippen LogP contribution in [0, 0.1) is 10.1 Å². The predicted molar refractivity (Wildman–Crippen MR) is 131 cm³/mol. The summed E-state index contributed by atoms with van der Waals surface area (Å²) >= 11 is 6.50. The molecule has 166 valence electrons. The zero-order valence-corrected chi connectivity index (χ0v) is 19.9. The van der Waals surface area contributed by atoms with E-state index < -0.39 is 28.1 Å². The van der Waals surface area contributed by atoms with E-state index in [9.17, 15) is 24.8 Å². The number of rotatable bonds is 7. The highest BCUT2D eigenvalue weighted by Crippen LogP contribution is 2.33. The summed E-state index contributed by atoms with van der Waals surface area (Å²) in [7, 11) is 0. The molecule has 1 amide bonds. The summed E-state index contributed by atoms with van der Waals surface area (Å²) in [5.74, 6) is -1.52. The second-order valence-corrected chi connectivity index (χ2v) is 9.96. The Morgan fingerprint density at radius 1 is 1.15 bits per heavy atom. The maximum Gasteiger partial charge on any atom is 0.343 e. The highest BCUT2D eigenvalue weighted by molar-refractivity contribution is 9.10. The molecule has 4 rings (SSSR count). The molecule has 0 bridgehead atoms. The van der Waals surface area contributed by atoms with Crippen molar-refractivity contribution in [3.63, 3.8) is 0 Å². The summed E-state index contributed by atoms with van der Waals surface area (Å²) < 4.78 is 2.75. The number of thiazole rings is 1. The standard InChI is InChI=1S/C22H14BrN3O5S2/c23-13-6-4-12(5-7-13)11-32-22-25-16-9-8-14(10-18(16)33-22)24-20(27)15-2-1-3-17(26(30)31)19(15)21(28)29/h1-10H,11H2,(H,24,27)(H,28,29). The largest absolute Gasteiger partial charge is 0.477 e. The zero-order chi connectivity index (χ0) is 23.5. The van der Waals surface area contributed by atoms with E-state index in [1.165, 1.54) is 29.0 Å². The van der Waals surface area contributed by atoms with Gasteiger partial charge < -0.3 is 10.4 Å². The Hall–Kier alpha value is -3.28. The SMILES string of the molecule is O=C(Nc1ccc2nc(SCc3ccc(Br)cc3)sc2c1)c1cccc([N+](=O)[O-])c1C(=O)O. The van der Waals surface area contributed by atoms with E-state index in [1.807, 2.05) is 24.3 Å². The Kier molecular flexibility index (Phi) is 6.72. The van der Waals surface area contributed by atoms with Crippen LogP contribution in [0.2, 0.25) is 0 Å². The molecule has 0 spiro atoms. The molecule has 33 heavy (non-hydrogen) atoms. The van der Waals surface area contributed by atoms with Crippen LogP contribution < -0.4 is 5.32 Å². The Morgan fingerprint density at radius 2 is 1.91 bits per heavy atom. The maximum absolute atomic E-state index is 12.7. The maximum atomic E-state index is 12.7. The molecule has 0 unspecified atom stereocenters. The Morgan fingerprint density at radius 3 is 2.61 bits per heavy atom. The number of hydrogen-bond donors (Lipinski definition) is 2. The van der Waals surface area contributed by atoms with E-state index in [0.717, 1.165) is 30.8 Å². The van der Waals surface area contributed by atoms with E-state index >= 15 is 0 Å². The van der Waals surface area contributed by atoms with E-state index in [4.69, 9.17) is 0 Å². The van der Waals surface area contributed by atoms with Crippen LogP contribution in [0.15, 0.2) is 69.5 Å². The number of anilines is 1. The lowest BCUT2D eigenvalue weighted by Gasteiger charge is -2.08. The van der Waals surface area contributed by atoms with Gasteiger partial charge in [0, 0.05) is 22.0 Å². The van der Waals surface area contributed by atoms with Gasteiger partial charge in [0.1, 0.15) is 5.56 Å². The van der Waals surface area contributed by atoms with Crippen LogP contribution in [0.5, 0.6) is 0 Å². The summed E-state index contributed by atoms with van der Waals surface area (Å²) in [6.45, 7) is 0. The number of amides is 1. The van der Waals surface area contributed by atoms with Crippen molar-refractivity contribution >= 4 is 72.5 Å². The fourth-order valence-electron chi connectivity index (χ4n) is 3.07. The van der Waals surface area contributed by atoms with Crippen LogP contribution >= 0.6 is 39.0 Å². The minimum atomic E-state index is -1.54. The number of carbonyl (C=O) groups excluding carboxylic acids is 1. The molecular formula is C22H14BrN3O5S2. The summed E-state index contributed by atoms with van der Waals surface area (Å²) in [5.41, 5.74) is 0.806. The first-order valence-electron chi connectivity index (χ1n) is 9.41. The lowest BCUT2D eigenvalue weighted by molar-refractivity contribution is -0.385. The number of carboxylic acid groups (broad SMARTS) is 1. The molecule has 0 atom stereocenters. The fourth-order valence-corrected chi connectivity index (χ4v) is 5.40. The van der Waals surface area contributed by atoms with Crippen LogP contribution in [0.4, 0.5) is 11.4 Å². The molecule has 1 aromatic heterocycles. The number of nitro groups is 1. The van der Waals surface area contributed by atoms with Crippen molar-refractivity contribution < 1.29 is 19.6 Å². The average Bonchev–Trinajstić information content (AvgIpc) is 3.20. The number of nitro benzene ring substituents is 1. The molecule has 0 aliphatic heterocycles. The summed E-state index contributed by atoms with van der Waals surface area (Å²) in [4.78, 5) is 39.2. The average molecular weight is 544 g/mol. The first-order chi connectivity index (χ1) is 15.8. The minimum Gasteiger partial charge on any atom is -0.477 e. The van der Waals surface area contributed by atoms with Gasteiger partial charge in [0.05, 0.1) is 20.7 Å². The molecule has 0 radical (unpaired) electrons. The third-order valence-electron chi connectivity index (χ3n) is 4.60. The number of benzene rings is 3. The number of halogens is 1. The van der Waals surface area contributed by atoms with Gasteiger partial charge in [-0.05, 0) is 42.0 Å². The monoisotopic (exact) mass is 543 g/mol. The zero-order valence-electron chi connectivity index (χ0n) is 16.6. The quantitative estimate of drug-likeness (QED) is 0.161. The number of carbonyl (C=O) groups is 2. The minimum absolute atomic E-state index is 0.285. The summed E-state index contributed by atoms with van der Waals surface area (Å²) in [5, 5.41) is 23.2. The third kappa shape index (κ3) is 5.21. The van der Waals surface area contributed by atoms with Gasteiger partial charge in [0.2, 0.25) is 0 Å². The number of nitrogens with one attached hydrogen (secondary N) is 1. The molecule has 0 aliphatic rings. The van der Waals surface area contributed by atoms with Gasteiger partial charge in [-0.15, -0.1) is 11.3 Å². The van der Waals surface area contributed by atoms with Gasteiger partial charge in [0.25, 0.3) is 11.6 Å². The first kappa shape index (κ1) is 22.9. The van der Waals surface area contributed by atoms with E-state index in [1.54, 1.807) is 30.0 Å². The van der Waals surface area contributed by atoms with Crippen LogP contribution in [-0.2, 0) is 5.75 Å². The molecule has 4 aromatic rings. The second-order valence-electron chi connectivity index (χ2n) is 6.79. The Bertz CT molecular complexity index is 1390. The molecule has 0 fully saturated rings. The number of nitrogens with zero attached hydrogens (tertiary/aromatic N) is 2. The molecule has 8 nitrogen and oxygen atoms in total. The van der Waals surface area contributed by atoms with Crippen LogP contribution in [0.25, 0.3) is 10.2 Å². The highest BCUT2D eigenvalue weighted by Gasteiger charge is 2.27. The molecule has 0 saturated heterocycles. The number of carboxylic acids is 1. The lowest BCUT2D eigenvalue weighted by Crippen LogP contribution is -2.17. The van der Waals surface area contributed by atoms with Gasteiger partial charge in [-0.1, -0.05) is 45.9 Å². The van der Waals surface area contributed by atoms with Crippen molar-refractivity contribution in [1.82, 2.24) is 4.98 Å². The van der Waals surface area contributed by atoms with Crippen LogP contribution in [0.3, 0.4) is 0 Å². The van der Waals surface area contributed by atoms with Crippen LogP contribution in [-0.4, -0.2) is 26.9 Å². The Labute approximate surface area is 203 Å². The van der Waals surface area contributed by atoms with Crippen molar-refractivity contribution in [3.05, 3.63) is 91.9 Å². The fraction of sp³-hybridized carbons (Fsp3) is 0.0455. The summed E-state index contributed by atoms with van der Waals surface area (Å²) in [6.07, 6.45) is 0. The van der Waals surface area contributed by atoms with E-state index in [-0.39, 0.29) is 5.56 Å². The smallest absolute Gasteiger partial charge is 0.343 e. The highest BCUT2D eigenvalue weighted by atomic mass is 79.9. The Balaban J connectivity index is 1.53. The van der Waals surface area contributed by atoms with E-state index in [0.29, 0.717) is 5.69 Å². The molecule has 11 heteroatoms. The number of thioether (sulfide) groups is 1. The van der Waals surface area contributed by atoms with Gasteiger partial charge in [-0.2, -0.15) is 0 Å². The van der Waals surface area contributed by atoms with Crippen molar-refractivity contribution in [1.29, 1.82) is 0 Å². The summed E-state index contributed by atoms with van der Waals surface area (Å²) in [6, 6.07) is 16.8. The molecule has 1 heterocycles. The van der Waals surface area contributed by atoms with Gasteiger partial charge in [-0.3, -0.25) is 14.9 Å². The van der Waals surface area contributed by atoms with Gasteiger partial charge in [-0.25, -0.2) is 9.78 Å².